The number of aliphatic carboxylic acids is 1. The van der Waals surface area contributed by atoms with Crippen LogP contribution in [0.15, 0.2) is 0 Å². The van der Waals surface area contributed by atoms with Crippen molar-refractivity contribution in [2.24, 2.45) is 0 Å². The molecule has 0 spiro atoms. The van der Waals surface area contributed by atoms with E-state index < -0.39 is 11.5 Å². The van der Waals surface area contributed by atoms with Crippen molar-refractivity contribution in [3.63, 3.8) is 0 Å². The number of hydrogen-bond acceptors (Lipinski definition) is 2. The summed E-state index contributed by atoms with van der Waals surface area (Å²) in [6.07, 6.45) is 2.00. The smallest absolute Gasteiger partial charge is 0.329 e. The third-order valence-electron chi connectivity index (χ3n) is 2.03. The Kier molecular flexibility index (Phi) is 4.45. The first kappa shape index (κ1) is 11.9. The van der Waals surface area contributed by atoms with Gasteiger partial charge in [-0.1, -0.05) is 13.8 Å². The Morgan fingerprint density at radius 3 is 1.85 bits per heavy atom. The fourth-order valence-corrected chi connectivity index (χ4v) is 1.26. The molecule has 0 aliphatic heterocycles. The molecule has 0 unspecified atom stereocenters. The van der Waals surface area contributed by atoms with Gasteiger partial charge in [0, 0.05) is 6.92 Å². The molecule has 0 atom stereocenters. The quantitative estimate of drug-likeness (QED) is 0.681. The molecule has 4 heteroatoms. The van der Waals surface area contributed by atoms with Crippen molar-refractivity contribution in [1.29, 1.82) is 0 Å². The van der Waals surface area contributed by atoms with Crippen LogP contribution in [0.25, 0.3) is 0 Å². The first-order valence-corrected chi connectivity index (χ1v) is 4.59. The Morgan fingerprint density at radius 1 is 1.31 bits per heavy atom. The van der Waals surface area contributed by atoms with E-state index in [-0.39, 0.29) is 5.91 Å². The van der Waals surface area contributed by atoms with Crippen molar-refractivity contribution >= 4 is 11.9 Å². The first-order chi connectivity index (χ1) is 6.07. The Morgan fingerprint density at radius 2 is 1.77 bits per heavy atom. The minimum atomic E-state index is -0.939. The molecule has 0 saturated heterocycles. The minimum Gasteiger partial charge on any atom is -0.480 e. The maximum atomic E-state index is 10.6. The monoisotopic (exact) mass is 187 g/mol. The van der Waals surface area contributed by atoms with Crippen LogP contribution >= 0.6 is 0 Å². The van der Waals surface area contributed by atoms with E-state index in [0.29, 0.717) is 12.8 Å². The third kappa shape index (κ3) is 2.72. The number of amides is 1. The molecule has 0 aromatic carbocycles. The number of carbonyl (C=O) groups excluding carboxylic acids is 1. The van der Waals surface area contributed by atoms with Gasteiger partial charge in [-0.3, -0.25) is 4.79 Å². The number of rotatable bonds is 2. The largest absolute Gasteiger partial charge is 0.480 e. The van der Waals surface area contributed by atoms with Gasteiger partial charge in [0.1, 0.15) is 5.54 Å². The molecule has 2 N–H and O–H groups in total. The molecule has 13 heavy (non-hydrogen) atoms. The zero-order valence-corrected chi connectivity index (χ0v) is 8.39. The molecule has 1 rings (SSSR count). The Balaban J connectivity index is 0.000000671. The summed E-state index contributed by atoms with van der Waals surface area (Å²) in [5, 5.41) is 11.2. The molecule has 0 heterocycles. The summed E-state index contributed by atoms with van der Waals surface area (Å²) in [5.74, 6) is -1.19. The zero-order valence-electron chi connectivity index (χ0n) is 8.39. The highest BCUT2D eigenvalue weighted by molar-refractivity contribution is 5.86. The van der Waals surface area contributed by atoms with Crippen LogP contribution in [0.5, 0.6) is 0 Å². The Hall–Kier alpha value is -1.06. The van der Waals surface area contributed by atoms with Crippen LogP contribution in [0.2, 0.25) is 0 Å². The number of carboxylic acid groups (broad SMARTS) is 1. The van der Waals surface area contributed by atoms with Gasteiger partial charge in [-0.05, 0) is 19.3 Å². The average molecular weight is 187 g/mol. The summed E-state index contributed by atoms with van der Waals surface area (Å²) < 4.78 is 0. The highest BCUT2D eigenvalue weighted by Gasteiger charge is 2.44. The van der Waals surface area contributed by atoms with E-state index in [4.69, 9.17) is 5.11 Å². The molecule has 1 saturated carbocycles. The lowest BCUT2D eigenvalue weighted by molar-refractivity contribution is -0.151. The molecule has 1 amide bonds. The second kappa shape index (κ2) is 4.84. The molecule has 0 aromatic heterocycles. The van der Waals surface area contributed by atoms with Gasteiger partial charge in [-0.15, -0.1) is 0 Å². The maximum absolute atomic E-state index is 10.6. The fourth-order valence-electron chi connectivity index (χ4n) is 1.26. The van der Waals surface area contributed by atoms with Gasteiger partial charge in [0.2, 0.25) is 5.91 Å². The Labute approximate surface area is 78.3 Å². The van der Waals surface area contributed by atoms with E-state index in [9.17, 15) is 9.59 Å². The molecule has 1 aliphatic rings. The lowest BCUT2D eigenvalue weighted by Crippen LogP contribution is -2.58. The van der Waals surface area contributed by atoms with Gasteiger partial charge >= 0.3 is 5.97 Å². The number of carbonyl (C=O) groups is 2. The van der Waals surface area contributed by atoms with Crippen LogP contribution in [-0.2, 0) is 9.59 Å². The third-order valence-corrected chi connectivity index (χ3v) is 2.03. The SMILES string of the molecule is CC.CC(=O)NC1(C(=O)O)CCC1. The van der Waals surface area contributed by atoms with Gasteiger partial charge < -0.3 is 10.4 Å². The summed E-state index contributed by atoms with van der Waals surface area (Å²) in [6, 6.07) is 0. The summed E-state index contributed by atoms with van der Waals surface area (Å²) in [7, 11) is 0. The highest BCUT2D eigenvalue weighted by atomic mass is 16.4. The topological polar surface area (TPSA) is 66.4 Å². The standard InChI is InChI=1S/C7H11NO3.C2H6/c1-5(9)8-7(6(10)11)3-2-4-7;1-2/h2-4H2,1H3,(H,8,9)(H,10,11);1-2H3. The molecular formula is C9H17NO3. The first-order valence-electron chi connectivity index (χ1n) is 4.59. The lowest BCUT2D eigenvalue weighted by Gasteiger charge is -2.37. The van der Waals surface area contributed by atoms with E-state index in [2.05, 4.69) is 5.32 Å². The molecule has 1 aliphatic carbocycles. The predicted octanol–water partition coefficient (Wildman–Crippen LogP) is 1.16. The number of carboxylic acids is 1. The van der Waals surface area contributed by atoms with Crippen LogP contribution in [0, 0.1) is 0 Å². The van der Waals surface area contributed by atoms with Crippen LogP contribution in [0.3, 0.4) is 0 Å². The molecule has 4 nitrogen and oxygen atoms in total. The van der Waals surface area contributed by atoms with E-state index in [1.54, 1.807) is 0 Å². The second-order valence-electron chi connectivity index (χ2n) is 2.92. The van der Waals surface area contributed by atoms with Crippen LogP contribution in [-0.4, -0.2) is 22.5 Å². The lowest BCUT2D eigenvalue weighted by atomic mass is 9.77. The minimum absolute atomic E-state index is 0.271. The molecule has 1 fully saturated rings. The van der Waals surface area contributed by atoms with E-state index >= 15 is 0 Å². The van der Waals surface area contributed by atoms with Crippen molar-refractivity contribution in [1.82, 2.24) is 5.32 Å². The van der Waals surface area contributed by atoms with Crippen molar-refractivity contribution < 1.29 is 14.7 Å². The fraction of sp³-hybridized carbons (Fsp3) is 0.778. The summed E-state index contributed by atoms with van der Waals surface area (Å²) in [6.45, 7) is 5.34. The van der Waals surface area contributed by atoms with Crippen molar-refractivity contribution in [3.05, 3.63) is 0 Å². The van der Waals surface area contributed by atoms with Gasteiger partial charge in [0.05, 0.1) is 0 Å². The van der Waals surface area contributed by atoms with Gasteiger partial charge in [-0.25, -0.2) is 4.79 Å². The van der Waals surface area contributed by atoms with Crippen LogP contribution in [0.4, 0.5) is 0 Å². The van der Waals surface area contributed by atoms with Crippen molar-refractivity contribution in [2.75, 3.05) is 0 Å². The van der Waals surface area contributed by atoms with E-state index in [1.165, 1.54) is 6.92 Å². The van der Waals surface area contributed by atoms with Gasteiger partial charge in [-0.2, -0.15) is 0 Å². The van der Waals surface area contributed by atoms with E-state index in [1.807, 2.05) is 13.8 Å². The zero-order chi connectivity index (χ0) is 10.5. The predicted molar refractivity (Wildman–Crippen MR) is 49.4 cm³/mol. The summed E-state index contributed by atoms with van der Waals surface area (Å²) in [4.78, 5) is 21.2. The second-order valence-corrected chi connectivity index (χ2v) is 2.92. The van der Waals surface area contributed by atoms with Crippen LogP contribution in [0.1, 0.15) is 40.0 Å². The van der Waals surface area contributed by atoms with Gasteiger partial charge in [0.25, 0.3) is 0 Å². The molecule has 0 radical (unpaired) electrons. The molecular weight excluding hydrogens is 170 g/mol. The number of nitrogens with one attached hydrogen (secondary N) is 1. The Bertz CT molecular complexity index is 197. The maximum Gasteiger partial charge on any atom is 0.329 e. The van der Waals surface area contributed by atoms with Crippen molar-refractivity contribution in [3.8, 4) is 0 Å². The molecule has 0 aromatic rings. The highest BCUT2D eigenvalue weighted by Crippen LogP contribution is 2.31. The van der Waals surface area contributed by atoms with Crippen LogP contribution < -0.4 is 5.32 Å². The summed E-state index contributed by atoms with van der Waals surface area (Å²) >= 11 is 0. The van der Waals surface area contributed by atoms with Gasteiger partial charge in [0.15, 0.2) is 0 Å². The number of hydrogen-bond donors (Lipinski definition) is 2. The van der Waals surface area contributed by atoms with E-state index in [0.717, 1.165) is 6.42 Å². The molecule has 76 valence electrons. The molecule has 0 bridgehead atoms. The van der Waals surface area contributed by atoms with Crippen molar-refractivity contribution in [2.45, 2.75) is 45.6 Å². The normalized spacial score (nSPS) is 17.5. The summed E-state index contributed by atoms with van der Waals surface area (Å²) in [5.41, 5.74) is -0.939. The average Bonchev–Trinajstić information content (AvgIpc) is 2.00.